The summed E-state index contributed by atoms with van der Waals surface area (Å²) in [5, 5.41) is 0.992. The van der Waals surface area contributed by atoms with Crippen molar-refractivity contribution in [2.24, 2.45) is 5.92 Å². The quantitative estimate of drug-likeness (QED) is 0.870. The van der Waals surface area contributed by atoms with Crippen molar-refractivity contribution in [2.45, 2.75) is 19.9 Å². The molecule has 0 unspecified atom stereocenters. The average Bonchev–Trinajstić information content (AvgIpc) is 2.82. The summed E-state index contributed by atoms with van der Waals surface area (Å²) in [5.74, 6) is 0.320. The highest BCUT2D eigenvalue weighted by atomic mass is 35.5. The van der Waals surface area contributed by atoms with Crippen molar-refractivity contribution in [1.29, 1.82) is 0 Å². The van der Waals surface area contributed by atoms with Gasteiger partial charge in [-0.2, -0.15) is 0 Å². The second-order valence-corrected chi connectivity index (χ2v) is 5.75. The van der Waals surface area contributed by atoms with Gasteiger partial charge in [-0.25, -0.2) is 4.98 Å². The van der Waals surface area contributed by atoms with Gasteiger partial charge in [0.1, 0.15) is 0 Å². The number of carbonyl (C=O) groups excluding carboxylic acids is 1. The van der Waals surface area contributed by atoms with Crippen LogP contribution in [-0.2, 0) is 11.3 Å². The molecule has 3 rings (SSSR count). The predicted molar refractivity (Wildman–Crippen MR) is 81.4 cm³/mol. The number of para-hydroxylation sites is 1. The van der Waals surface area contributed by atoms with Gasteiger partial charge in [-0.15, -0.1) is 0 Å². The summed E-state index contributed by atoms with van der Waals surface area (Å²) in [6, 6.07) is 5.19. The first-order chi connectivity index (χ1) is 10.1. The van der Waals surface area contributed by atoms with E-state index in [9.17, 15) is 9.59 Å². The van der Waals surface area contributed by atoms with Crippen LogP contribution in [0, 0.1) is 5.92 Å². The Hall–Kier alpha value is -1.88. The summed E-state index contributed by atoms with van der Waals surface area (Å²) in [5.41, 5.74) is 0.419. The molecule has 21 heavy (non-hydrogen) atoms. The van der Waals surface area contributed by atoms with Crippen LogP contribution in [-0.4, -0.2) is 33.4 Å². The molecule has 0 radical (unpaired) electrons. The molecular formula is C15H16ClN3O2. The zero-order valence-electron chi connectivity index (χ0n) is 11.8. The summed E-state index contributed by atoms with van der Waals surface area (Å²) < 4.78 is 1.58. The average molecular weight is 306 g/mol. The molecule has 1 aromatic carbocycles. The van der Waals surface area contributed by atoms with Crippen LogP contribution in [0.15, 0.2) is 29.3 Å². The minimum absolute atomic E-state index is 0.107. The van der Waals surface area contributed by atoms with E-state index in [0.717, 1.165) is 6.54 Å². The lowest BCUT2D eigenvalue weighted by Gasteiger charge is -2.14. The molecule has 2 aromatic rings. The summed E-state index contributed by atoms with van der Waals surface area (Å²) in [6.45, 7) is 3.90. The van der Waals surface area contributed by atoms with Gasteiger partial charge in [-0.1, -0.05) is 17.7 Å². The monoisotopic (exact) mass is 305 g/mol. The van der Waals surface area contributed by atoms with Crippen molar-refractivity contribution in [3.63, 3.8) is 0 Å². The van der Waals surface area contributed by atoms with Crippen LogP contribution in [0.2, 0.25) is 5.02 Å². The fourth-order valence-electron chi connectivity index (χ4n) is 2.84. The van der Waals surface area contributed by atoms with Crippen LogP contribution in [0.25, 0.3) is 10.9 Å². The summed E-state index contributed by atoms with van der Waals surface area (Å²) in [6.07, 6.45) is 2.02. The van der Waals surface area contributed by atoms with Crippen LogP contribution in [0.5, 0.6) is 0 Å². The fourth-order valence-corrected chi connectivity index (χ4v) is 3.07. The van der Waals surface area contributed by atoms with E-state index >= 15 is 0 Å². The van der Waals surface area contributed by atoms with Crippen LogP contribution in [0.4, 0.5) is 0 Å². The van der Waals surface area contributed by atoms with Crippen molar-refractivity contribution < 1.29 is 4.79 Å². The van der Waals surface area contributed by atoms with Gasteiger partial charge in [-0.05, 0) is 19.1 Å². The number of amides is 1. The normalized spacial score (nSPS) is 18.7. The summed E-state index contributed by atoms with van der Waals surface area (Å²) in [7, 11) is 0. The lowest BCUT2D eigenvalue weighted by Crippen LogP contribution is -2.27. The van der Waals surface area contributed by atoms with Crippen LogP contribution < -0.4 is 5.56 Å². The van der Waals surface area contributed by atoms with Gasteiger partial charge in [-0.3, -0.25) is 14.2 Å². The molecule has 6 heteroatoms. The maximum atomic E-state index is 12.5. The molecule has 110 valence electrons. The van der Waals surface area contributed by atoms with Gasteiger partial charge in [0.05, 0.1) is 22.3 Å². The zero-order valence-corrected chi connectivity index (χ0v) is 12.5. The maximum Gasteiger partial charge on any atom is 0.261 e. The van der Waals surface area contributed by atoms with Crippen LogP contribution >= 0.6 is 11.6 Å². The predicted octanol–water partition coefficient (Wildman–Crippen LogP) is 1.92. The molecule has 1 saturated heterocycles. The summed E-state index contributed by atoms with van der Waals surface area (Å²) in [4.78, 5) is 30.3. The lowest BCUT2D eigenvalue weighted by atomic mass is 10.1. The van der Waals surface area contributed by atoms with Gasteiger partial charge >= 0.3 is 0 Å². The lowest BCUT2D eigenvalue weighted by molar-refractivity contribution is -0.127. The molecule has 0 bridgehead atoms. The van der Waals surface area contributed by atoms with Gasteiger partial charge in [0, 0.05) is 32.0 Å². The number of halogens is 1. The molecule has 0 saturated carbocycles. The van der Waals surface area contributed by atoms with Gasteiger partial charge in [0.25, 0.3) is 5.56 Å². The Balaban J connectivity index is 1.91. The van der Waals surface area contributed by atoms with E-state index < -0.39 is 0 Å². The minimum atomic E-state index is -0.107. The Morgan fingerprint density at radius 1 is 1.38 bits per heavy atom. The maximum absolute atomic E-state index is 12.5. The van der Waals surface area contributed by atoms with Crippen molar-refractivity contribution in [1.82, 2.24) is 14.5 Å². The van der Waals surface area contributed by atoms with Crippen molar-refractivity contribution in [3.8, 4) is 0 Å². The third kappa shape index (κ3) is 2.53. The first kappa shape index (κ1) is 14.1. The van der Waals surface area contributed by atoms with E-state index in [2.05, 4.69) is 4.98 Å². The standard InChI is InChI=1S/C15H16ClN3O2/c1-2-18-7-10(6-13(18)20)8-19-9-17-14-11(15(19)21)4-3-5-12(14)16/h3-5,9-10H,2,6-8H2,1H3/t10-/m0/s1. The SMILES string of the molecule is CCN1C[C@@H](Cn2cnc3c(Cl)cccc3c2=O)CC1=O. The number of aromatic nitrogens is 2. The van der Waals surface area contributed by atoms with E-state index in [4.69, 9.17) is 11.6 Å². The Morgan fingerprint density at radius 2 is 2.19 bits per heavy atom. The third-order valence-electron chi connectivity index (χ3n) is 3.94. The van der Waals surface area contributed by atoms with Crippen LogP contribution in [0.3, 0.4) is 0 Å². The molecule has 0 N–H and O–H groups in total. The largest absolute Gasteiger partial charge is 0.343 e. The molecule has 0 spiro atoms. The van der Waals surface area contributed by atoms with Crippen molar-refractivity contribution in [3.05, 3.63) is 39.9 Å². The molecule has 2 heterocycles. The molecule has 1 amide bonds. The van der Waals surface area contributed by atoms with Crippen molar-refractivity contribution >= 4 is 28.4 Å². The number of hydrogen-bond acceptors (Lipinski definition) is 3. The molecule has 1 fully saturated rings. The third-order valence-corrected chi connectivity index (χ3v) is 4.24. The Morgan fingerprint density at radius 3 is 2.90 bits per heavy atom. The first-order valence-corrected chi connectivity index (χ1v) is 7.39. The Kier molecular flexibility index (Phi) is 3.68. The highest BCUT2D eigenvalue weighted by Crippen LogP contribution is 2.20. The van der Waals surface area contributed by atoms with E-state index in [1.807, 2.05) is 11.8 Å². The Bertz CT molecular complexity index is 756. The van der Waals surface area contributed by atoms with Gasteiger partial charge in [0.15, 0.2) is 0 Å². The highest BCUT2D eigenvalue weighted by molar-refractivity contribution is 6.34. The highest BCUT2D eigenvalue weighted by Gasteiger charge is 2.28. The molecule has 0 aliphatic carbocycles. The molecule has 1 aliphatic heterocycles. The molecule has 1 aliphatic rings. The minimum Gasteiger partial charge on any atom is -0.343 e. The number of rotatable bonds is 3. The van der Waals surface area contributed by atoms with Crippen LogP contribution in [0.1, 0.15) is 13.3 Å². The summed E-state index contributed by atoms with van der Waals surface area (Å²) >= 11 is 6.05. The number of likely N-dealkylation sites (tertiary alicyclic amines) is 1. The van der Waals surface area contributed by atoms with Gasteiger partial charge < -0.3 is 4.90 Å². The fraction of sp³-hybridized carbons (Fsp3) is 0.400. The molecule has 1 aromatic heterocycles. The van der Waals surface area contributed by atoms with E-state index in [-0.39, 0.29) is 17.4 Å². The number of fused-ring (bicyclic) bond motifs is 1. The second-order valence-electron chi connectivity index (χ2n) is 5.34. The van der Waals surface area contributed by atoms with Gasteiger partial charge in [0.2, 0.25) is 5.91 Å². The zero-order chi connectivity index (χ0) is 15.0. The van der Waals surface area contributed by atoms with Crippen molar-refractivity contribution in [2.75, 3.05) is 13.1 Å². The first-order valence-electron chi connectivity index (χ1n) is 7.01. The number of hydrogen-bond donors (Lipinski definition) is 0. The smallest absolute Gasteiger partial charge is 0.261 e. The van der Waals surface area contributed by atoms with E-state index in [1.165, 1.54) is 6.33 Å². The molecular weight excluding hydrogens is 290 g/mol. The van der Waals surface area contributed by atoms with E-state index in [0.29, 0.717) is 35.4 Å². The molecule has 1 atom stereocenters. The second kappa shape index (κ2) is 5.48. The number of nitrogens with zero attached hydrogens (tertiary/aromatic N) is 3. The number of benzene rings is 1. The molecule has 5 nitrogen and oxygen atoms in total. The van der Waals surface area contributed by atoms with E-state index in [1.54, 1.807) is 22.8 Å². The number of carbonyl (C=O) groups is 1. The topological polar surface area (TPSA) is 55.2 Å². The Labute approximate surface area is 127 Å².